The first-order valence-corrected chi connectivity index (χ1v) is 9.29. The third kappa shape index (κ3) is 3.92. The van der Waals surface area contributed by atoms with Crippen molar-refractivity contribution in [2.45, 2.75) is 39.5 Å². The van der Waals surface area contributed by atoms with Crippen molar-refractivity contribution < 1.29 is 19.1 Å². The van der Waals surface area contributed by atoms with Gasteiger partial charge < -0.3 is 4.74 Å². The van der Waals surface area contributed by atoms with Gasteiger partial charge in [0.1, 0.15) is 0 Å². The summed E-state index contributed by atoms with van der Waals surface area (Å²) in [7, 11) is 0. The molecule has 27 heavy (non-hydrogen) atoms. The van der Waals surface area contributed by atoms with Crippen molar-refractivity contribution in [1.29, 1.82) is 0 Å². The second-order valence-corrected chi connectivity index (χ2v) is 6.74. The molecule has 0 spiro atoms. The van der Waals surface area contributed by atoms with Gasteiger partial charge in [-0.25, -0.2) is 9.69 Å². The molecule has 2 amide bonds. The Balaban J connectivity index is 1.76. The van der Waals surface area contributed by atoms with Crippen LogP contribution in [0.4, 0.5) is 5.69 Å². The fourth-order valence-corrected chi connectivity index (χ4v) is 3.15. The molecule has 5 heteroatoms. The van der Waals surface area contributed by atoms with Gasteiger partial charge in [0.2, 0.25) is 0 Å². The molecule has 1 aliphatic rings. The molecule has 0 radical (unpaired) electrons. The van der Waals surface area contributed by atoms with Crippen LogP contribution in [0.25, 0.3) is 0 Å². The number of hydrogen-bond donors (Lipinski definition) is 0. The van der Waals surface area contributed by atoms with E-state index in [0.29, 0.717) is 17.9 Å². The topological polar surface area (TPSA) is 63.7 Å². The Bertz CT molecular complexity index is 888. The quantitative estimate of drug-likeness (QED) is 0.411. The first-order valence-electron chi connectivity index (χ1n) is 9.29. The summed E-state index contributed by atoms with van der Waals surface area (Å²) in [6, 6.07) is 11.7. The van der Waals surface area contributed by atoms with Crippen molar-refractivity contribution in [1.82, 2.24) is 0 Å². The Kier molecular flexibility index (Phi) is 5.69. The van der Waals surface area contributed by atoms with Crippen LogP contribution in [0.5, 0.6) is 0 Å². The number of fused-ring (bicyclic) bond motifs is 1. The third-order valence-corrected chi connectivity index (χ3v) is 4.61. The SMILES string of the molecule is CCCCCCOC(=O)c1ccc2c(c1)C(=O)N(c1cccc(C)c1)C2=O. The molecule has 0 bridgehead atoms. The summed E-state index contributed by atoms with van der Waals surface area (Å²) in [5.41, 5.74) is 2.32. The van der Waals surface area contributed by atoms with Crippen molar-refractivity contribution in [3.8, 4) is 0 Å². The van der Waals surface area contributed by atoms with Crippen molar-refractivity contribution in [3.63, 3.8) is 0 Å². The van der Waals surface area contributed by atoms with Crippen molar-refractivity contribution in [3.05, 3.63) is 64.7 Å². The molecule has 0 aliphatic carbocycles. The lowest BCUT2D eigenvalue weighted by atomic mass is 10.1. The number of esters is 1. The van der Waals surface area contributed by atoms with Gasteiger partial charge in [0.25, 0.3) is 11.8 Å². The van der Waals surface area contributed by atoms with Crippen LogP contribution in [0.3, 0.4) is 0 Å². The Morgan fingerprint density at radius 2 is 1.74 bits per heavy atom. The average molecular weight is 365 g/mol. The summed E-state index contributed by atoms with van der Waals surface area (Å²) in [5.74, 6) is -1.26. The molecule has 1 heterocycles. The van der Waals surface area contributed by atoms with Crippen LogP contribution in [0.1, 0.15) is 69.2 Å². The van der Waals surface area contributed by atoms with Crippen LogP contribution in [0.2, 0.25) is 0 Å². The van der Waals surface area contributed by atoms with Crippen molar-refractivity contribution in [2.75, 3.05) is 11.5 Å². The molecule has 2 aromatic rings. The molecule has 0 fully saturated rings. The van der Waals surface area contributed by atoms with Gasteiger partial charge in [-0.15, -0.1) is 0 Å². The smallest absolute Gasteiger partial charge is 0.338 e. The van der Waals surface area contributed by atoms with E-state index >= 15 is 0 Å². The molecule has 0 atom stereocenters. The van der Waals surface area contributed by atoms with E-state index in [1.165, 1.54) is 18.2 Å². The molecule has 5 nitrogen and oxygen atoms in total. The van der Waals surface area contributed by atoms with Gasteiger partial charge in [0.05, 0.1) is 29.0 Å². The summed E-state index contributed by atoms with van der Waals surface area (Å²) in [6.45, 7) is 4.38. The fraction of sp³-hybridized carbons (Fsp3) is 0.318. The number of benzene rings is 2. The summed E-state index contributed by atoms with van der Waals surface area (Å²) in [6.07, 6.45) is 4.07. The zero-order valence-electron chi connectivity index (χ0n) is 15.7. The number of nitrogens with zero attached hydrogens (tertiary/aromatic N) is 1. The number of aryl methyl sites for hydroxylation is 1. The molecular formula is C22H23NO4. The lowest BCUT2D eigenvalue weighted by Crippen LogP contribution is -2.29. The first-order chi connectivity index (χ1) is 13.0. The highest BCUT2D eigenvalue weighted by Gasteiger charge is 2.37. The minimum Gasteiger partial charge on any atom is -0.462 e. The maximum Gasteiger partial charge on any atom is 0.338 e. The van der Waals surface area contributed by atoms with Gasteiger partial charge in [-0.05, 0) is 49.2 Å². The minimum atomic E-state index is -0.469. The Morgan fingerprint density at radius 1 is 0.963 bits per heavy atom. The highest BCUT2D eigenvalue weighted by atomic mass is 16.5. The fourth-order valence-electron chi connectivity index (χ4n) is 3.15. The predicted octanol–water partition coefficient (Wildman–Crippen LogP) is 4.53. The van der Waals surface area contributed by atoms with Crippen LogP contribution in [0.15, 0.2) is 42.5 Å². The zero-order valence-corrected chi connectivity index (χ0v) is 15.7. The van der Waals surface area contributed by atoms with Gasteiger partial charge >= 0.3 is 5.97 Å². The Morgan fingerprint density at radius 3 is 2.48 bits per heavy atom. The highest BCUT2D eigenvalue weighted by Crippen LogP contribution is 2.29. The number of rotatable bonds is 7. The lowest BCUT2D eigenvalue weighted by Gasteiger charge is -2.14. The van der Waals surface area contributed by atoms with Crippen LogP contribution in [0, 0.1) is 6.92 Å². The van der Waals surface area contributed by atoms with Gasteiger partial charge in [-0.2, -0.15) is 0 Å². The molecule has 1 aliphatic heterocycles. The Labute approximate surface area is 158 Å². The van der Waals surface area contributed by atoms with E-state index in [2.05, 4.69) is 6.92 Å². The van der Waals surface area contributed by atoms with E-state index in [4.69, 9.17) is 4.74 Å². The third-order valence-electron chi connectivity index (χ3n) is 4.61. The number of unbranched alkanes of at least 4 members (excludes halogenated alkanes) is 3. The monoisotopic (exact) mass is 365 g/mol. The molecule has 140 valence electrons. The minimum absolute atomic E-state index is 0.238. The molecule has 0 aromatic heterocycles. The summed E-state index contributed by atoms with van der Waals surface area (Å²) in [5, 5.41) is 0. The molecule has 0 saturated heterocycles. The van der Waals surface area contributed by atoms with E-state index < -0.39 is 11.9 Å². The van der Waals surface area contributed by atoms with Gasteiger partial charge in [0, 0.05) is 0 Å². The lowest BCUT2D eigenvalue weighted by molar-refractivity contribution is 0.0497. The average Bonchev–Trinajstić information content (AvgIpc) is 2.91. The van der Waals surface area contributed by atoms with Crippen LogP contribution < -0.4 is 4.90 Å². The zero-order chi connectivity index (χ0) is 19.4. The first kappa shape index (κ1) is 18.8. The van der Waals surface area contributed by atoms with E-state index in [-0.39, 0.29) is 17.0 Å². The van der Waals surface area contributed by atoms with Gasteiger partial charge in [-0.3, -0.25) is 9.59 Å². The molecular weight excluding hydrogens is 342 g/mol. The van der Waals surface area contributed by atoms with E-state index in [0.717, 1.165) is 36.1 Å². The summed E-state index contributed by atoms with van der Waals surface area (Å²) >= 11 is 0. The van der Waals surface area contributed by atoms with Crippen molar-refractivity contribution in [2.24, 2.45) is 0 Å². The molecule has 0 saturated carbocycles. The molecule has 2 aromatic carbocycles. The van der Waals surface area contributed by atoms with E-state index in [1.807, 2.05) is 13.0 Å². The molecule has 0 unspecified atom stereocenters. The number of amides is 2. The maximum absolute atomic E-state index is 12.8. The molecule has 0 N–H and O–H groups in total. The van der Waals surface area contributed by atoms with E-state index in [1.54, 1.807) is 18.2 Å². The van der Waals surface area contributed by atoms with Crippen LogP contribution >= 0.6 is 0 Å². The predicted molar refractivity (Wildman–Crippen MR) is 103 cm³/mol. The summed E-state index contributed by atoms with van der Waals surface area (Å²) < 4.78 is 5.27. The second-order valence-electron chi connectivity index (χ2n) is 6.74. The Hall–Kier alpha value is -2.95. The second kappa shape index (κ2) is 8.16. The van der Waals surface area contributed by atoms with Gasteiger partial charge in [0.15, 0.2) is 0 Å². The number of carbonyl (C=O) groups excluding carboxylic acids is 3. The summed E-state index contributed by atoms with van der Waals surface area (Å²) in [4.78, 5) is 38.8. The standard InChI is InChI=1S/C22H23NO4/c1-3-4-5-6-12-27-22(26)16-10-11-18-19(14-16)21(25)23(20(18)24)17-9-7-8-15(2)13-17/h7-11,13-14H,3-6,12H2,1-2H3. The normalized spacial score (nSPS) is 13.0. The number of carbonyl (C=O) groups is 3. The van der Waals surface area contributed by atoms with Crippen molar-refractivity contribution >= 4 is 23.5 Å². The van der Waals surface area contributed by atoms with Crippen LogP contribution in [-0.4, -0.2) is 24.4 Å². The number of imide groups is 1. The number of hydrogen-bond acceptors (Lipinski definition) is 4. The number of ether oxygens (including phenoxy) is 1. The largest absolute Gasteiger partial charge is 0.462 e. The van der Waals surface area contributed by atoms with Crippen LogP contribution in [-0.2, 0) is 4.74 Å². The maximum atomic E-state index is 12.8. The van der Waals surface area contributed by atoms with E-state index in [9.17, 15) is 14.4 Å². The number of anilines is 1. The van der Waals surface area contributed by atoms with Gasteiger partial charge in [-0.1, -0.05) is 38.3 Å². The molecule has 3 rings (SSSR count). The highest BCUT2D eigenvalue weighted by molar-refractivity contribution is 6.34.